The smallest absolute Gasteiger partial charge is 0.265 e. The summed E-state index contributed by atoms with van der Waals surface area (Å²) < 4.78 is 0. The van der Waals surface area contributed by atoms with Crippen LogP contribution in [0.5, 0.6) is 0 Å². The van der Waals surface area contributed by atoms with Gasteiger partial charge in [-0.25, -0.2) is 0 Å². The molecule has 6 nitrogen and oxygen atoms in total. The second-order valence-electron chi connectivity index (χ2n) is 4.98. The van der Waals surface area contributed by atoms with Gasteiger partial charge in [-0.15, -0.1) is 0 Å². The number of nitrogens with one attached hydrogen (secondary N) is 1. The molecule has 1 heterocycles. The summed E-state index contributed by atoms with van der Waals surface area (Å²) in [5, 5.41) is 20.3. The number of piperidine rings is 1. The number of likely N-dealkylation sites (tertiary alicyclic amines) is 1. The molecule has 0 unspecified atom stereocenters. The molecule has 6 heteroatoms. The maximum absolute atomic E-state index is 12.2. The lowest BCUT2D eigenvalue weighted by atomic mass is 10.0. The van der Waals surface area contributed by atoms with Crippen molar-refractivity contribution >= 4 is 5.91 Å². The number of carbonyl (C=O) groups is 1. The summed E-state index contributed by atoms with van der Waals surface area (Å²) in [6.45, 7) is 2.37. The van der Waals surface area contributed by atoms with E-state index in [0.29, 0.717) is 13.0 Å². The fourth-order valence-electron chi connectivity index (χ4n) is 2.18. The first-order chi connectivity index (χ1) is 9.60. The number of hydrogen-bond donors (Lipinski definition) is 1. The number of likely N-dealkylation sites (N-methyl/N-ethyl adjacent to an activating group) is 1. The molecule has 1 aliphatic heterocycles. The highest BCUT2D eigenvalue weighted by atomic mass is 16.2. The van der Waals surface area contributed by atoms with Crippen LogP contribution in [0, 0.1) is 22.7 Å². The molecule has 0 aromatic rings. The van der Waals surface area contributed by atoms with Gasteiger partial charge in [-0.3, -0.25) is 4.79 Å². The quantitative estimate of drug-likeness (QED) is 0.447. The highest BCUT2D eigenvalue weighted by Crippen LogP contribution is 2.15. The molecule has 1 aliphatic rings. The largest absolute Gasteiger partial charge is 0.389 e. The zero-order valence-electron chi connectivity index (χ0n) is 12.1. The second kappa shape index (κ2) is 8.19. The Bertz CT molecular complexity index is 437. The van der Waals surface area contributed by atoms with E-state index in [9.17, 15) is 4.79 Å². The van der Waals surface area contributed by atoms with Crippen molar-refractivity contribution in [2.24, 2.45) is 0 Å². The maximum Gasteiger partial charge on any atom is 0.265 e. The molecule has 0 aromatic heterocycles. The van der Waals surface area contributed by atoms with Crippen LogP contribution in [0.1, 0.15) is 19.3 Å². The second-order valence-corrected chi connectivity index (χ2v) is 4.98. The molecule has 1 saturated heterocycles. The summed E-state index contributed by atoms with van der Waals surface area (Å²) in [7, 11) is 3.82. The molecule has 0 saturated carbocycles. The van der Waals surface area contributed by atoms with Gasteiger partial charge in [0.15, 0.2) is 0 Å². The minimum absolute atomic E-state index is 0.0874. The summed E-state index contributed by atoms with van der Waals surface area (Å²) in [5.41, 5.74) is 0.0874. The van der Waals surface area contributed by atoms with Crippen molar-refractivity contribution in [3.05, 3.63) is 11.8 Å². The number of nitriles is 2. The van der Waals surface area contributed by atoms with Gasteiger partial charge in [-0.05, 0) is 33.0 Å². The van der Waals surface area contributed by atoms with E-state index in [1.54, 1.807) is 11.9 Å². The van der Waals surface area contributed by atoms with E-state index >= 15 is 0 Å². The minimum atomic E-state index is -0.258. The lowest BCUT2D eigenvalue weighted by Crippen LogP contribution is -2.45. The first kappa shape index (κ1) is 16.0. The van der Waals surface area contributed by atoms with Crippen molar-refractivity contribution in [3.8, 4) is 12.1 Å². The lowest BCUT2D eigenvalue weighted by Gasteiger charge is -2.34. The van der Waals surface area contributed by atoms with Gasteiger partial charge >= 0.3 is 0 Å². The van der Waals surface area contributed by atoms with Crippen molar-refractivity contribution in [1.29, 1.82) is 10.5 Å². The zero-order valence-corrected chi connectivity index (χ0v) is 12.1. The number of carbonyl (C=O) groups excluding carboxylic acids is 1. The standard InChI is InChI=1S/C14H21N5O/c1-18-8-4-13(5-9-18)19(2)14(20)12(10-16)11-17-7-3-6-15/h11,13,17H,3-5,7-9H2,1-2H3/b12-11-. The van der Waals surface area contributed by atoms with Gasteiger partial charge in [0.2, 0.25) is 0 Å². The molecule has 0 aliphatic carbocycles. The average molecular weight is 275 g/mol. The van der Waals surface area contributed by atoms with Crippen LogP contribution < -0.4 is 5.32 Å². The van der Waals surface area contributed by atoms with E-state index in [1.165, 1.54) is 6.20 Å². The van der Waals surface area contributed by atoms with Crippen LogP contribution in [0.15, 0.2) is 11.8 Å². The Labute approximate surface area is 120 Å². The predicted octanol–water partition coefficient (Wildman–Crippen LogP) is 0.450. The van der Waals surface area contributed by atoms with Crippen LogP contribution in [0.4, 0.5) is 0 Å². The van der Waals surface area contributed by atoms with E-state index in [0.717, 1.165) is 25.9 Å². The fraction of sp³-hybridized carbons (Fsp3) is 0.643. The molecule has 0 radical (unpaired) electrons. The highest BCUT2D eigenvalue weighted by molar-refractivity contribution is 5.97. The number of nitrogens with zero attached hydrogens (tertiary/aromatic N) is 4. The van der Waals surface area contributed by atoms with Crippen LogP contribution in [-0.2, 0) is 4.79 Å². The Hall–Kier alpha value is -2.05. The topological polar surface area (TPSA) is 83.2 Å². The van der Waals surface area contributed by atoms with E-state index < -0.39 is 0 Å². The van der Waals surface area contributed by atoms with Gasteiger partial charge in [0.25, 0.3) is 5.91 Å². The van der Waals surface area contributed by atoms with E-state index in [4.69, 9.17) is 10.5 Å². The Morgan fingerprint density at radius 1 is 1.45 bits per heavy atom. The Kier molecular flexibility index (Phi) is 6.55. The predicted molar refractivity (Wildman–Crippen MR) is 75.2 cm³/mol. The average Bonchev–Trinajstić information content (AvgIpc) is 2.47. The monoisotopic (exact) mass is 275 g/mol. The first-order valence-corrected chi connectivity index (χ1v) is 6.76. The maximum atomic E-state index is 12.2. The Balaban J connectivity index is 2.57. The third-order valence-electron chi connectivity index (χ3n) is 3.53. The molecule has 0 atom stereocenters. The number of rotatable bonds is 5. The molecule has 1 rings (SSSR count). The third kappa shape index (κ3) is 4.56. The van der Waals surface area contributed by atoms with Gasteiger partial charge in [0.1, 0.15) is 11.6 Å². The molecule has 1 N–H and O–H groups in total. The summed E-state index contributed by atoms with van der Waals surface area (Å²) in [6.07, 6.45) is 3.61. The number of hydrogen-bond acceptors (Lipinski definition) is 5. The molecule has 0 bridgehead atoms. The van der Waals surface area contributed by atoms with E-state index in [-0.39, 0.29) is 17.5 Å². The third-order valence-corrected chi connectivity index (χ3v) is 3.53. The van der Waals surface area contributed by atoms with Gasteiger partial charge < -0.3 is 15.1 Å². The molecule has 1 amide bonds. The molecule has 0 aromatic carbocycles. The Morgan fingerprint density at radius 3 is 2.65 bits per heavy atom. The lowest BCUT2D eigenvalue weighted by molar-refractivity contribution is -0.128. The minimum Gasteiger partial charge on any atom is -0.389 e. The molecule has 20 heavy (non-hydrogen) atoms. The van der Waals surface area contributed by atoms with Crippen molar-refractivity contribution in [1.82, 2.24) is 15.1 Å². The van der Waals surface area contributed by atoms with Gasteiger partial charge in [0.05, 0.1) is 12.5 Å². The Morgan fingerprint density at radius 2 is 2.10 bits per heavy atom. The van der Waals surface area contributed by atoms with E-state index in [1.807, 2.05) is 12.1 Å². The van der Waals surface area contributed by atoms with Gasteiger partial charge in [-0.1, -0.05) is 0 Å². The number of amides is 1. The molecular formula is C14H21N5O. The summed E-state index contributed by atoms with van der Waals surface area (Å²) in [4.78, 5) is 16.1. The summed E-state index contributed by atoms with van der Waals surface area (Å²) in [5.74, 6) is -0.258. The molecule has 1 fully saturated rings. The van der Waals surface area contributed by atoms with Crippen LogP contribution in [-0.4, -0.2) is 55.5 Å². The summed E-state index contributed by atoms with van der Waals surface area (Å²) in [6, 6.07) is 4.10. The van der Waals surface area contributed by atoms with Crippen molar-refractivity contribution < 1.29 is 4.79 Å². The molecule has 0 spiro atoms. The normalized spacial score (nSPS) is 17.1. The SMILES string of the molecule is CN1CCC(N(C)C(=O)/C(C#N)=C\NCCC#N)CC1. The van der Waals surface area contributed by atoms with Crippen molar-refractivity contribution in [2.45, 2.75) is 25.3 Å². The van der Waals surface area contributed by atoms with Crippen LogP contribution in [0.2, 0.25) is 0 Å². The zero-order chi connectivity index (χ0) is 15.0. The fourth-order valence-corrected chi connectivity index (χ4v) is 2.18. The van der Waals surface area contributed by atoms with Crippen molar-refractivity contribution in [2.75, 3.05) is 33.7 Å². The summed E-state index contributed by atoms with van der Waals surface area (Å²) >= 11 is 0. The van der Waals surface area contributed by atoms with E-state index in [2.05, 4.69) is 17.3 Å². The highest BCUT2D eigenvalue weighted by Gasteiger charge is 2.25. The van der Waals surface area contributed by atoms with Crippen LogP contribution in [0.25, 0.3) is 0 Å². The van der Waals surface area contributed by atoms with Crippen LogP contribution >= 0.6 is 0 Å². The first-order valence-electron chi connectivity index (χ1n) is 6.76. The molecular weight excluding hydrogens is 254 g/mol. The van der Waals surface area contributed by atoms with Gasteiger partial charge in [0, 0.05) is 25.8 Å². The molecule has 108 valence electrons. The van der Waals surface area contributed by atoms with Crippen LogP contribution in [0.3, 0.4) is 0 Å². The van der Waals surface area contributed by atoms with Crippen molar-refractivity contribution in [3.63, 3.8) is 0 Å². The van der Waals surface area contributed by atoms with Gasteiger partial charge in [-0.2, -0.15) is 10.5 Å².